The van der Waals surface area contributed by atoms with Gasteiger partial charge >= 0.3 is 0 Å². The summed E-state index contributed by atoms with van der Waals surface area (Å²) in [6.07, 6.45) is 2.63. The molecule has 0 aliphatic carbocycles. The Morgan fingerprint density at radius 3 is 2.96 bits per heavy atom. The predicted octanol–water partition coefficient (Wildman–Crippen LogP) is 3.81. The molecule has 3 heterocycles. The van der Waals surface area contributed by atoms with Crippen molar-refractivity contribution in [3.63, 3.8) is 0 Å². The van der Waals surface area contributed by atoms with Gasteiger partial charge < -0.3 is 4.90 Å². The summed E-state index contributed by atoms with van der Waals surface area (Å²) in [5.41, 5.74) is 3.29. The molecule has 0 radical (unpaired) electrons. The average Bonchev–Trinajstić information content (AvgIpc) is 2.79. The van der Waals surface area contributed by atoms with Crippen LogP contribution in [-0.2, 0) is 7.05 Å². The van der Waals surface area contributed by atoms with E-state index in [0.29, 0.717) is 17.4 Å². The van der Waals surface area contributed by atoms with E-state index in [1.54, 1.807) is 10.9 Å². The van der Waals surface area contributed by atoms with Gasteiger partial charge in [-0.05, 0) is 31.5 Å². The smallest absolute Gasteiger partial charge is 0.259 e. The zero-order valence-electron chi connectivity index (χ0n) is 14.6. The number of rotatable bonds is 1. The number of para-hydroxylation sites is 1. The van der Waals surface area contributed by atoms with Crippen LogP contribution in [-0.4, -0.2) is 32.5 Å². The topological polar surface area (TPSA) is 51.0 Å². The first-order valence-electron chi connectivity index (χ1n) is 8.41. The highest BCUT2D eigenvalue weighted by atomic mass is 32.2. The predicted molar refractivity (Wildman–Crippen MR) is 101 cm³/mol. The fourth-order valence-electron chi connectivity index (χ4n) is 3.28. The van der Waals surface area contributed by atoms with Crippen molar-refractivity contribution >= 4 is 34.4 Å². The standard InChI is InChI=1S/C19H20N4OS/c1-12-8-9-23(16-6-4-5-7-17(16)25-12)19(24)14-10-15-13(2)21-22(3)18(15)20-11-14/h4-7,10-12H,8-9H2,1-3H3. The number of carbonyl (C=O) groups excluding carboxylic acids is 1. The van der Waals surface area contributed by atoms with Crippen molar-refractivity contribution in [2.45, 2.75) is 30.4 Å². The molecule has 1 aromatic carbocycles. The number of thioether (sulfide) groups is 1. The molecule has 3 aromatic rings. The lowest BCUT2D eigenvalue weighted by atomic mass is 10.1. The Morgan fingerprint density at radius 1 is 1.32 bits per heavy atom. The third-order valence-corrected chi connectivity index (χ3v) is 5.84. The molecule has 25 heavy (non-hydrogen) atoms. The van der Waals surface area contributed by atoms with Gasteiger partial charge in [0.25, 0.3) is 5.91 Å². The summed E-state index contributed by atoms with van der Waals surface area (Å²) in [5.74, 6) is -0.000182. The number of carbonyl (C=O) groups is 1. The molecule has 1 aliphatic heterocycles. The van der Waals surface area contributed by atoms with Crippen molar-refractivity contribution in [2.24, 2.45) is 7.05 Å². The zero-order chi connectivity index (χ0) is 17.6. The van der Waals surface area contributed by atoms with Crippen LogP contribution in [0.2, 0.25) is 0 Å². The van der Waals surface area contributed by atoms with Crippen LogP contribution < -0.4 is 4.90 Å². The van der Waals surface area contributed by atoms with E-state index in [1.165, 1.54) is 0 Å². The van der Waals surface area contributed by atoms with Crippen molar-refractivity contribution in [2.75, 3.05) is 11.4 Å². The molecule has 5 nitrogen and oxygen atoms in total. The third kappa shape index (κ3) is 2.80. The molecule has 0 bridgehead atoms. The van der Waals surface area contributed by atoms with Gasteiger partial charge in [0.2, 0.25) is 0 Å². The lowest BCUT2D eigenvalue weighted by molar-refractivity contribution is 0.0986. The van der Waals surface area contributed by atoms with Crippen molar-refractivity contribution in [1.29, 1.82) is 0 Å². The molecular formula is C19H20N4OS. The second-order valence-corrected chi connectivity index (χ2v) is 7.93. The summed E-state index contributed by atoms with van der Waals surface area (Å²) in [4.78, 5) is 20.7. The van der Waals surface area contributed by atoms with E-state index in [9.17, 15) is 4.79 Å². The average molecular weight is 352 g/mol. The van der Waals surface area contributed by atoms with Crippen LogP contribution in [0.25, 0.3) is 11.0 Å². The molecule has 0 saturated heterocycles. The van der Waals surface area contributed by atoms with Gasteiger partial charge in [-0.25, -0.2) is 4.98 Å². The van der Waals surface area contributed by atoms with E-state index >= 15 is 0 Å². The van der Waals surface area contributed by atoms with E-state index in [0.717, 1.165) is 33.7 Å². The molecule has 6 heteroatoms. The second-order valence-electron chi connectivity index (χ2n) is 6.45. The minimum absolute atomic E-state index is 0.000182. The largest absolute Gasteiger partial charge is 0.307 e. The van der Waals surface area contributed by atoms with Crippen LogP contribution in [0.3, 0.4) is 0 Å². The van der Waals surface area contributed by atoms with Crippen molar-refractivity contribution in [1.82, 2.24) is 14.8 Å². The van der Waals surface area contributed by atoms with E-state index in [1.807, 2.05) is 54.9 Å². The monoisotopic (exact) mass is 352 g/mol. The normalized spacial score (nSPS) is 17.4. The Balaban J connectivity index is 1.77. The van der Waals surface area contributed by atoms with E-state index in [2.05, 4.69) is 23.1 Å². The maximum atomic E-state index is 13.2. The summed E-state index contributed by atoms with van der Waals surface area (Å²) in [7, 11) is 1.87. The van der Waals surface area contributed by atoms with Crippen molar-refractivity contribution in [3.05, 3.63) is 47.8 Å². The van der Waals surface area contributed by atoms with Gasteiger partial charge in [-0.3, -0.25) is 9.48 Å². The Kier molecular flexibility index (Phi) is 4.00. The molecule has 4 rings (SSSR count). The van der Waals surface area contributed by atoms with Gasteiger partial charge in [-0.2, -0.15) is 5.10 Å². The molecule has 0 saturated carbocycles. The fraction of sp³-hybridized carbons (Fsp3) is 0.316. The van der Waals surface area contributed by atoms with Gasteiger partial charge in [0, 0.05) is 35.3 Å². The van der Waals surface area contributed by atoms with Crippen molar-refractivity contribution in [3.8, 4) is 0 Å². The fourth-order valence-corrected chi connectivity index (χ4v) is 4.39. The molecule has 0 N–H and O–H groups in total. The number of aromatic nitrogens is 3. The number of hydrogen-bond acceptors (Lipinski definition) is 4. The SMILES string of the molecule is Cc1nn(C)c2ncc(C(=O)N3CCC(C)Sc4ccccc43)cc12. The quantitative estimate of drug-likeness (QED) is 0.668. The highest BCUT2D eigenvalue weighted by molar-refractivity contribution is 8.00. The molecule has 0 fully saturated rings. The van der Waals surface area contributed by atoms with E-state index in [4.69, 9.17) is 0 Å². The first-order chi connectivity index (χ1) is 12.0. The first kappa shape index (κ1) is 16.1. The summed E-state index contributed by atoms with van der Waals surface area (Å²) in [5, 5.41) is 5.81. The van der Waals surface area contributed by atoms with Gasteiger partial charge in [-0.1, -0.05) is 19.1 Å². The van der Waals surface area contributed by atoms with Gasteiger partial charge in [0.1, 0.15) is 0 Å². The molecule has 2 aromatic heterocycles. The van der Waals surface area contributed by atoms with Crippen LogP contribution in [0.1, 0.15) is 29.4 Å². The number of pyridine rings is 1. The number of aryl methyl sites for hydroxylation is 2. The van der Waals surface area contributed by atoms with Crippen LogP contribution in [0.4, 0.5) is 5.69 Å². The van der Waals surface area contributed by atoms with Crippen molar-refractivity contribution < 1.29 is 4.79 Å². The zero-order valence-corrected chi connectivity index (χ0v) is 15.4. The summed E-state index contributed by atoms with van der Waals surface area (Å²) in [6.45, 7) is 4.87. The number of anilines is 1. The maximum Gasteiger partial charge on any atom is 0.259 e. The number of nitrogens with zero attached hydrogens (tertiary/aromatic N) is 4. The first-order valence-corrected chi connectivity index (χ1v) is 9.29. The maximum absolute atomic E-state index is 13.2. The Bertz CT molecular complexity index is 965. The minimum Gasteiger partial charge on any atom is -0.307 e. The lowest BCUT2D eigenvalue weighted by Crippen LogP contribution is -2.32. The molecule has 128 valence electrons. The second kappa shape index (κ2) is 6.19. The Labute approximate surface area is 151 Å². The third-order valence-electron chi connectivity index (χ3n) is 4.60. The van der Waals surface area contributed by atoms with Crippen LogP contribution in [0, 0.1) is 6.92 Å². The molecule has 0 spiro atoms. The van der Waals surface area contributed by atoms with Gasteiger partial charge in [0.05, 0.1) is 16.9 Å². The summed E-state index contributed by atoms with van der Waals surface area (Å²) < 4.78 is 1.75. The Hall–Kier alpha value is -2.34. The number of fused-ring (bicyclic) bond motifs is 2. The van der Waals surface area contributed by atoms with Crippen LogP contribution >= 0.6 is 11.8 Å². The molecule has 1 atom stereocenters. The minimum atomic E-state index is -0.000182. The van der Waals surface area contributed by atoms with Gasteiger partial charge in [0.15, 0.2) is 5.65 Å². The summed E-state index contributed by atoms with van der Waals surface area (Å²) >= 11 is 1.83. The molecule has 1 aliphatic rings. The van der Waals surface area contributed by atoms with Gasteiger partial charge in [-0.15, -0.1) is 11.8 Å². The summed E-state index contributed by atoms with van der Waals surface area (Å²) in [6, 6.07) is 10.0. The molecular weight excluding hydrogens is 332 g/mol. The molecule has 1 unspecified atom stereocenters. The number of amides is 1. The van der Waals surface area contributed by atoms with Crippen LogP contribution in [0.5, 0.6) is 0 Å². The highest BCUT2D eigenvalue weighted by Gasteiger charge is 2.25. The van der Waals surface area contributed by atoms with E-state index in [-0.39, 0.29) is 5.91 Å². The Morgan fingerprint density at radius 2 is 2.12 bits per heavy atom. The lowest BCUT2D eigenvalue weighted by Gasteiger charge is -2.22. The van der Waals surface area contributed by atoms with E-state index < -0.39 is 0 Å². The number of benzene rings is 1. The molecule has 1 amide bonds. The van der Waals surface area contributed by atoms with Crippen LogP contribution in [0.15, 0.2) is 41.4 Å². The highest BCUT2D eigenvalue weighted by Crippen LogP contribution is 2.37. The number of hydrogen-bond donors (Lipinski definition) is 0.